The van der Waals surface area contributed by atoms with Gasteiger partial charge in [0.15, 0.2) is 5.78 Å². The second kappa shape index (κ2) is 6.57. The van der Waals surface area contributed by atoms with E-state index in [1.54, 1.807) is 25.3 Å². The van der Waals surface area contributed by atoms with Crippen LogP contribution >= 0.6 is 11.6 Å². The standard InChI is InChI=1S/C15H16ClNO3/c1-2-20-15(19)13-8-11(9-17-13)14(18)7-10-3-5-12(16)6-4-10/h3-6,9,13,17H,2,7-8H2,1H3. The predicted molar refractivity (Wildman–Crippen MR) is 76.4 cm³/mol. The van der Waals surface area contributed by atoms with Gasteiger partial charge in [0, 0.05) is 29.6 Å². The van der Waals surface area contributed by atoms with Crippen molar-refractivity contribution in [1.82, 2.24) is 5.32 Å². The van der Waals surface area contributed by atoms with Crippen molar-refractivity contribution in [1.29, 1.82) is 0 Å². The summed E-state index contributed by atoms with van der Waals surface area (Å²) in [5, 5.41) is 3.53. The molecule has 0 aromatic heterocycles. The largest absolute Gasteiger partial charge is 0.464 e. The molecular weight excluding hydrogens is 278 g/mol. The zero-order valence-electron chi connectivity index (χ0n) is 11.2. The summed E-state index contributed by atoms with van der Waals surface area (Å²) < 4.78 is 4.92. The number of hydrogen-bond donors (Lipinski definition) is 1. The van der Waals surface area contributed by atoms with E-state index >= 15 is 0 Å². The highest BCUT2D eigenvalue weighted by atomic mass is 35.5. The average molecular weight is 294 g/mol. The summed E-state index contributed by atoms with van der Waals surface area (Å²) in [7, 11) is 0. The molecule has 1 unspecified atom stereocenters. The summed E-state index contributed by atoms with van der Waals surface area (Å²) in [6.07, 6.45) is 2.30. The number of carbonyl (C=O) groups is 2. The van der Waals surface area contributed by atoms with Gasteiger partial charge in [0.05, 0.1) is 6.61 Å². The van der Waals surface area contributed by atoms with Crippen LogP contribution in [0.15, 0.2) is 36.0 Å². The Morgan fingerprint density at radius 3 is 2.70 bits per heavy atom. The number of halogens is 1. The maximum absolute atomic E-state index is 12.1. The highest BCUT2D eigenvalue weighted by Crippen LogP contribution is 2.18. The third-order valence-corrected chi connectivity index (χ3v) is 3.34. The van der Waals surface area contributed by atoms with Crippen LogP contribution in [0.1, 0.15) is 18.9 Å². The van der Waals surface area contributed by atoms with E-state index in [1.807, 2.05) is 12.1 Å². The zero-order valence-corrected chi connectivity index (χ0v) is 11.9. The minimum Gasteiger partial charge on any atom is -0.464 e. The van der Waals surface area contributed by atoms with Gasteiger partial charge in [-0.2, -0.15) is 0 Å². The highest BCUT2D eigenvalue weighted by molar-refractivity contribution is 6.30. The molecule has 0 amide bonds. The van der Waals surface area contributed by atoms with Crippen LogP contribution in [-0.2, 0) is 20.7 Å². The van der Waals surface area contributed by atoms with Crippen LogP contribution in [0.5, 0.6) is 0 Å². The van der Waals surface area contributed by atoms with Gasteiger partial charge >= 0.3 is 5.97 Å². The predicted octanol–water partition coefficient (Wildman–Crippen LogP) is 2.26. The van der Waals surface area contributed by atoms with Crippen molar-refractivity contribution in [3.05, 3.63) is 46.6 Å². The Hall–Kier alpha value is -1.81. The lowest BCUT2D eigenvalue weighted by atomic mass is 10.0. The lowest BCUT2D eigenvalue weighted by molar-refractivity contribution is -0.145. The third kappa shape index (κ3) is 3.61. The number of Topliss-reactive ketones (excluding diaryl/α,β-unsaturated/α-hetero) is 1. The van der Waals surface area contributed by atoms with E-state index < -0.39 is 6.04 Å². The number of rotatable bonds is 5. The van der Waals surface area contributed by atoms with Gasteiger partial charge in [-0.05, 0) is 24.6 Å². The van der Waals surface area contributed by atoms with Gasteiger partial charge in [-0.25, -0.2) is 4.79 Å². The van der Waals surface area contributed by atoms with Crippen molar-refractivity contribution in [2.45, 2.75) is 25.8 Å². The molecule has 0 radical (unpaired) electrons. The first-order chi connectivity index (χ1) is 9.60. The molecule has 20 heavy (non-hydrogen) atoms. The van der Waals surface area contributed by atoms with E-state index in [0.717, 1.165) is 5.56 Å². The molecule has 1 N–H and O–H groups in total. The Morgan fingerprint density at radius 2 is 2.05 bits per heavy atom. The molecule has 2 rings (SSSR count). The van der Waals surface area contributed by atoms with Crippen LogP contribution in [-0.4, -0.2) is 24.4 Å². The molecule has 0 bridgehead atoms. The first-order valence-corrected chi connectivity index (χ1v) is 6.87. The number of hydrogen-bond acceptors (Lipinski definition) is 4. The second-order valence-electron chi connectivity index (χ2n) is 4.57. The fourth-order valence-electron chi connectivity index (χ4n) is 2.03. The fraction of sp³-hybridized carbons (Fsp3) is 0.333. The second-order valence-corrected chi connectivity index (χ2v) is 5.01. The summed E-state index contributed by atoms with van der Waals surface area (Å²) in [6.45, 7) is 2.10. The molecule has 1 aliphatic rings. The minimum absolute atomic E-state index is 0.00613. The van der Waals surface area contributed by atoms with Crippen molar-refractivity contribution in [3.63, 3.8) is 0 Å². The smallest absolute Gasteiger partial charge is 0.328 e. The van der Waals surface area contributed by atoms with Crippen LogP contribution in [0.3, 0.4) is 0 Å². The Kier molecular flexibility index (Phi) is 4.79. The maximum atomic E-state index is 12.1. The average Bonchev–Trinajstić information content (AvgIpc) is 2.91. The molecule has 0 saturated heterocycles. The summed E-state index contributed by atoms with van der Waals surface area (Å²) in [6, 6.07) is 6.72. The summed E-state index contributed by atoms with van der Waals surface area (Å²) in [5.41, 5.74) is 1.53. The van der Waals surface area contributed by atoms with Crippen molar-refractivity contribution >= 4 is 23.4 Å². The molecule has 106 valence electrons. The molecule has 0 spiro atoms. The molecule has 4 nitrogen and oxygen atoms in total. The SMILES string of the molecule is CCOC(=O)C1CC(C(=O)Cc2ccc(Cl)cc2)=CN1. The Bertz CT molecular complexity index is 537. The quantitative estimate of drug-likeness (QED) is 0.846. The van der Waals surface area contributed by atoms with E-state index in [-0.39, 0.29) is 11.8 Å². The molecule has 0 saturated carbocycles. The van der Waals surface area contributed by atoms with Crippen molar-refractivity contribution in [2.75, 3.05) is 6.61 Å². The van der Waals surface area contributed by atoms with Crippen LogP contribution in [0.25, 0.3) is 0 Å². The summed E-state index contributed by atoms with van der Waals surface area (Å²) >= 11 is 5.80. The Morgan fingerprint density at radius 1 is 1.35 bits per heavy atom. The molecule has 0 aliphatic carbocycles. The number of nitrogens with one attached hydrogen (secondary N) is 1. The molecule has 1 atom stereocenters. The van der Waals surface area contributed by atoms with E-state index in [1.165, 1.54) is 0 Å². The summed E-state index contributed by atoms with van der Waals surface area (Å²) in [4.78, 5) is 23.7. The molecule has 1 aromatic carbocycles. The minimum atomic E-state index is -0.445. The van der Waals surface area contributed by atoms with Crippen molar-refractivity contribution < 1.29 is 14.3 Å². The van der Waals surface area contributed by atoms with E-state index in [9.17, 15) is 9.59 Å². The maximum Gasteiger partial charge on any atom is 0.328 e. The molecular formula is C15H16ClNO3. The molecule has 5 heteroatoms. The van der Waals surface area contributed by atoms with Gasteiger partial charge in [0.25, 0.3) is 0 Å². The molecule has 1 aliphatic heterocycles. The van der Waals surface area contributed by atoms with Gasteiger partial charge in [0.1, 0.15) is 6.04 Å². The Balaban J connectivity index is 1.91. The number of carbonyl (C=O) groups excluding carboxylic acids is 2. The number of esters is 1. The van der Waals surface area contributed by atoms with Crippen LogP contribution in [0.2, 0.25) is 5.02 Å². The van der Waals surface area contributed by atoms with Gasteiger partial charge in [-0.15, -0.1) is 0 Å². The van der Waals surface area contributed by atoms with Gasteiger partial charge in [-0.1, -0.05) is 23.7 Å². The summed E-state index contributed by atoms with van der Waals surface area (Å²) in [5.74, 6) is -0.315. The third-order valence-electron chi connectivity index (χ3n) is 3.09. The number of ketones is 1. The van der Waals surface area contributed by atoms with Crippen LogP contribution in [0, 0.1) is 0 Å². The molecule has 1 aromatic rings. The fourth-order valence-corrected chi connectivity index (χ4v) is 2.15. The highest BCUT2D eigenvalue weighted by Gasteiger charge is 2.27. The topological polar surface area (TPSA) is 55.4 Å². The first kappa shape index (κ1) is 14.6. The number of benzene rings is 1. The normalized spacial score (nSPS) is 17.3. The van der Waals surface area contributed by atoms with E-state index in [4.69, 9.17) is 16.3 Å². The van der Waals surface area contributed by atoms with Gasteiger partial charge in [-0.3, -0.25) is 4.79 Å². The number of ether oxygens (including phenoxy) is 1. The van der Waals surface area contributed by atoms with Gasteiger partial charge in [0.2, 0.25) is 0 Å². The monoisotopic (exact) mass is 293 g/mol. The zero-order chi connectivity index (χ0) is 14.5. The molecule has 1 heterocycles. The van der Waals surface area contributed by atoms with E-state index in [0.29, 0.717) is 30.0 Å². The van der Waals surface area contributed by atoms with Crippen molar-refractivity contribution in [2.24, 2.45) is 0 Å². The van der Waals surface area contributed by atoms with Gasteiger partial charge < -0.3 is 10.1 Å². The van der Waals surface area contributed by atoms with Crippen LogP contribution in [0.4, 0.5) is 0 Å². The lowest BCUT2D eigenvalue weighted by Gasteiger charge is -2.09. The van der Waals surface area contributed by atoms with E-state index in [2.05, 4.69) is 5.32 Å². The molecule has 0 fully saturated rings. The Labute approximate surface area is 122 Å². The van der Waals surface area contributed by atoms with Crippen molar-refractivity contribution in [3.8, 4) is 0 Å². The first-order valence-electron chi connectivity index (χ1n) is 6.49. The lowest BCUT2D eigenvalue weighted by Crippen LogP contribution is -2.31. The van der Waals surface area contributed by atoms with Crippen LogP contribution < -0.4 is 5.32 Å².